The molecule has 0 bridgehead atoms. The van der Waals surface area contributed by atoms with E-state index in [1.165, 1.54) is 25.9 Å². The molecule has 1 aliphatic heterocycles. The number of quaternary nitrogens is 1. The van der Waals surface area contributed by atoms with Gasteiger partial charge in [0.15, 0.2) is 0 Å². The van der Waals surface area contributed by atoms with E-state index in [-0.39, 0.29) is 0 Å². The molecule has 0 saturated carbocycles. The fraction of sp³-hybridized carbons (Fsp3) is 1.00. The first-order chi connectivity index (χ1) is 8.70. The van der Waals surface area contributed by atoms with Crippen LogP contribution in [0.4, 0.5) is 0 Å². The molecular formula is C14H32NO3Si+. The van der Waals surface area contributed by atoms with Gasteiger partial charge in [-0.3, -0.25) is 0 Å². The molecule has 19 heavy (non-hydrogen) atoms. The summed E-state index contributed by atoms with van der Waals surface area (Å²) >= 11 is 0. The fourth-order valence-corrected chi connectivity index (χ4v) is 5.31. The molecule has 2 atom stereocenters. The molecule has 0 aromatic rings. The smallest absolute Gasteiger partial charge is 0.374 e. The molecule has 0 amide bonds. The lowest BCUT2D eigenvalue weighted by molar-refractivity contribution is -0.911. The molecule has 0 aliphatic carbocycles. The Labute approximate surface area is 120 Å². The lowest BCUT2D eigenvalue weighted by Gasteiger charge is -2.47. The first-order valence-corrected chi connectivity index (χ1v) is 9.12. The summed E-state index contributed by atoms with van der Waals surface area (Å²) in [6.07, 6.45) is 3.47. The van der Waals surface area contributed by atoms with E-state index in [4.69, 9.17) is 13.3 Å². The zero-order valence-electron chi connectivity index (χ0n) is 13.8. The van der Waals surface area contributed by atoms with Crippen LogP contribution in [0.1, 0.15) is 33.6 Å². The minimum Gasteiger partial charge on any atom is -0.374 e. The first-order valence-electron chi connectivity index (χ1n) is 7.19. The third-order valence-corrected chi connectivity index (χ3v) is 7.66. The van der Waals surface area contributed by atoms with Gasteiger partial charge in [-0.1, -0.05) is 20.8 Å². The van der Waals surface area contributed by atoms with Crippen molar-refractivity contribution in [3.63, 3.8) is 0 Å². The van der Waals surface area contributed by atoms with Crippen molar-refractivity contribution in [2.75, 3.05) is 47.6 Å². The fourth-order valence-electron chi connectivity index (χ4n) is 3.20. The summed E-state index contributed by atoms with van der Waals surface area (Å²) in [5, 5.41) is 0. The topological polar surface area (TPSA) is 27.7 Å². The normalized spacial score (nSPS) is 29.5. The Morgan fingerprint density at radius 1 is 1.11 bits per heavy atom. The largest absolute Gasteiger partial charge is 0.558 e. The molecule has 0 N–H and O–H groups in total. The van der Waals surface area contributed by atoms with E-state index in [1.54, 1.807) is 21.3 Å². The van der Waals surface area contributed by atoms with E-state index in [2.05, 4.69) is 27.8 Å². The van der Waals surface area contributed by atoms with E-state index in [9.17, 15) is 0 Å². The van der Waals surface area contributed by atoms with Gasteiger partial charge in [-0.2, -0.15) is 0 Å². The molecule has 1 heterocycles. The van der Waals surface area contributed by atoms with Crippen LogP contribution in [0.3, 0.4) is 0 Å². The summed E-state index contributed by atoms with van der Waals surface area (Å²) in [5.74, 6) is 0.753. The zero-order valence-corrected chi connectivity index (χ0v) is 14.8. The number of rotatable bonds is 5. The third kappa shape index (κ3) is 4.26. The van der Waals surface area contributed by atoms with E-state index in [0.29, 0.717) is 5.41 Å². The molecule has 4 nitrogen and oxygen atoms in total. The predicted molar refractivity (Wildman–Crippen MR) is 79.7 cm³/mol. The average molecular weight is 290 g/mol. The maximum Gasteiger partial charge on any atom is 0.558 e. The van der Waals surface area contributed by atoms with Gasteiger partial charge in [-0.25, -0.2) is 0 Å². The minimum absolute atomic E-state index is 0.372. The highest BCUT2D eigenvalue weighted by atomic mass is 28.4. The second kappa shape index (κ2) is 6.22. The van der Waals surface area contributed by atoms with Crippen molar-refractivity contribution in [3.05, 3.63) is 0 Å². The van der Waals surface area contributed by atoms with Crippen molar-refractivity contribution in [1.82, 2.24) is 0 Å². The first kappa shape index (κ1) is 17.1. The van der Waals surface area contributed by atoms with Crippen LogP contribution in [0.15, 0.2) is 0 Å². The molecule has 5 heteroatoms. The van der Waals surface area contributed by atoms with Gasteiger partial charge >= 0.3 is 8.80 Å². The van der Waals surface area contributed by atoms with Gasteiger partial charge in [-0.05, 0) is 18.3 Å². The van der Waals surface area contributed by atoms with E-state index in [1.807, 2.05) is 0 Å². The van der Waals surface area contributed by atoms with Crippen LogP contribution < -0.4 is 0 Å². The number of likely N-dealkylation sites (tertiary alicyclic amines) is 1. The highest BCUT2D eigenvalue weighted by Crippen LogP contribution is 2.36. The van der Waals surface area contributed by atoms with Gasteiger partial charge in [0.1, 0.15) is 6.17 Å². The van der Waals surface area contributed by atoms with Crippen LogP contribution >= 0.6 is 0 Å². The molecule has 1 saturated heterocycles. The lowest BCUT2D eigenvalue weighted by Crippen LogP contribution is -2.64. The van der Waals surface area contributed by atoms with E-state index >= 15 is 0 Å². The molecule has 1 fully saturated rings. The van der Waals surface area contributed by atoms with Crippen LogP contribution in [0.25, 0.3) is 0 Å². The Balaban J connectivity index is 2.80. The number of nitrogens with zero attached hydrogens (tertiary/aromatic N) is 1. The Morgan fingerprint density at radius 3 is 2.05 bits per heavy atom. The molecule has 1 aliphatic rings. The molecule has 1 rings (SSSR count). The number of hydrogen-bond donors (Lipinski definition) is 0. The number of hydrogen-bond acceptors (Lipinski definition) is 3. The standard InChI is InChI=1S/C14H32NO3Si/c1-14(2,3)13-9-8-10-15(4,11-13)12-19(16-5,17-6)18-7/h13H,8-12H2,1-7H3/q+1. The van der Waals surface area contributed by atoms with Gasteiger partial charge in [0.05, 0.1) is 20.1 Å². The van der Waals surface area contributed by atoms with Crippen LogP contribution in [0.5, 0.6) is 0 Å². The van der Waals surface area contributed by atoms with Gasteiger partial charge in [0.2, 0.25) is 0 Å². The summed E-state index contributed by atoms with van der Waals surface area (Å²) < 4.78 is 17.8. The Hall–Kier alpha value is 0.0569. The average Bonchev–Trinajstić information content (AvgIpc) is 2.35. The summed E-state index contributed by atoms with van der Waals surface area (Å²) in [5.41, 5.74) is 0.372. The van der Waals surface area contributed by atoms with Gasteiger partial charge in [0, 0.05) is 27.2 Å². The van der Waals surface area contributed by atoms with E-state index in [0.717, 1.165) is 16.6 Å². The summed E-state index contributed by atoms with van der Waals surface area (Å²) in [6.45, 7) is 9.43. The molecule has 114 valence electrons. The van der Waals surface area contributed by atoms with Crippen molar-refractivity contribution < 1.29 is 17.8 Å². The van der Waals surface area contributed by atoms with Crippen molar-refractivity contribution in [1.29, 1.82) is 0 Å². The van der Waals surface area contributed by atoms with Gasteiger partial charge in [-0.15, -0.1) is 0 Å². The van der Waals surface area contributed by atoms with Crippen LogP contribution in [0.2, 0.25) is 0 Å². The van der Waals surface area contributed by atoms with Crippen molar-refractivity contribution >= 4 is 8.80 Å². The molecule has 0 radical (unpaired) electrons. The SMILES string of the molecule is CO[Si](C[N+]1(C)CCCC(C(C)(C)C)C1)(OC)OC. The maximum absolute atomic E-state index is 5.60. The van der Waals surface area contributed by atoms with Gasteiger partial charge < -0.3 is 17.8 Å². The summed E-state index contributed by atoms with van der Waals surface area (Å²) in [6, 6.07) is 0. The molecule has 0 aromatic heterocycles. The van der Waals surface area contributed by atoms with Crippen molar-refractivity contribution in [3.8, 4) is 0 Å². The van der Waals surface area contributed by atoms with Gasteiger partial charge in [0.25, 0.3) is 0 Å². The zero-order chi connectivity index (χ0) is 14.7. The van der Waals surface area contributed by atoms with Crippen molar-refractivity contribution in [2.24, 2.45) is 11.3 Å². The highest BCUT2D eigenvalue weighted by Gasteiger charge is 2.49. The van der Waals surface area contributed by atoms with Crippen LogP contribution in [-0.2, 0) is 13.3 Å². The molecular weight excluding hydrogens is 258 g/mol. The summed E-state index contributed by atoms with van der Waals surface area (Å²) in [7, 11) is 4.94. The molecule has 0 aromatic carbocycles. The number of piperidine rings is 1. The lowest BCUT2D eigenvalue weighted by atomic mass is 9.76. The molecule has 2 unspecified atom stereocenters. The molecule has 0 spiro atoms. The van der Waals surface area contributed by atoms with Crippen molar-refractivity contribution in [2.45, 2.75) is 33.6 Å². The minimum atomic E-state index is -2.49. The van der Waals surface area contributed by atoms with E-state index < -0.39 is 8.80 Å². The monoisotopic (exact) mass is 290 g/mol. The Morgan fingerprint density at radius 2 is 1.63 bits per heavy atom. The van der Waals surface area contributed by atoms with Crippen LogP contribution in [-0.4, -0.2) is 60.9 Å². The second-order valence-electron chi connectivity index (χ2n) is 7.18. The predicted octanol–water partition coefficient (Wildman–Crippen LogP) is 2.31. The quantitative estimate of drug-likeness (QED) is 0.574. The maximum atomic E-state index is 5.60. The van der Waals surface area contributed by atoms with Crippen LogP contribution in [0, 0.1) is 11.3 Å². The third-order valence-electron chi connectivity index (χ3n) is 4.64. The Bertz CT molecular complexity index is 281. The summed E-state index contributed by atoms with van der Waals surface area (Å²) in [4.78, 5) is 0. The second-order valence-corrected chi connectivity index (χ2v) is 10.1. The highest BCUT2D eigenvalue weighted by molar-refractivity contribution is 6.60. The Kier molecular flexibility index (Phi) is 5.60.